The van der Waals surface area contributed by atoms with Gasteiger partial charge in [-0.3, -0.25) is 4.79 Å². The molecule has 9 nitrogen and oxygen atoms in total. The summed E-state index contributed by atoms with van der Waals surface area (Å²) in [5, 5.41) is 37.1. The van der Waals surface area contributed by atoms with Crippen molar-refractivity contribution in [3.05, 3.63) is 101 Å². The van der Waals surface area contributed by atoms with Crippen LogP contribution in [-0.4, -0.2) is 64.4 Å². The molecule has 0 bridgehead atoms. The number of rotatable bonds is 13. The van der Waals surface area contributed by atoms with E-state index in [2.05, 4.69) is 10.6 Å². The number of alkyl carbamates (subject to hydrolysis) is 1. The zero-order valence-corrected chi connectivity index (χ0v) is 25.9. The molecule has 0 heterocycles. The van der Waals surface area contributed by atoms with Gasteiger partial charge in [0, 0.05) is 12.3 Å². The average Bonchev–Trinajstić information content (AvgIpc) is 3.31. The minimum Gasteiger partial charge on any atom is -0.491 e. The lowest BCUT2D eigenvalue weighted by Crippen LogP contribution is -2.48. The molecule has 4 unspecified atom stereocenters. The molecule has 0 radical (unpaired) electrons. The molecular formula is C35H43FN2O7. The Morgan fingerprint density at radius 1 is 0.978 bits per heavy atom. The van der Waals surface area contributed by atoms with Gasteiger partial charge in [0.25, 0.3) is 0 Å². The Bertz CT molecular complexity index is 1410. The van der Waals surface area contributed by atoms with Crippen LogP contribution in [0, 0.1) is 11.7 Å². The van der Waals surface area contributed by atoms with E-state index in [0.29, 0.717) is 23.3 Å². The van der Waals surface area contributed by atoms with Crippen LogP contribution in [0.25, 0.3) is 0 Å². The van der Waals surface area contributed by atoms with Crippen LogP contribution in [-0.2, 0) is 28.8 Å². The van der Waals surface area contributed by atoms with Crippen LogP contribution >= 0.6 is 0 Å². The fourth-order valence-electron chi connectivity index (χ4n) is 5.58. The number of carbonyl (C=O) groups is 2. The van der Waals surface area contributed by atoms with Crippen molar-refractivity contribution in [3.63, 3.8) is 0 Å². The fraction of sp³-hybridized carbons (Fsp3) is 0.429. The van der Waals surface area contributed by atoms with Crippen LogP contribution in [0.5, 0.6) is 5.75 Å². The molecule has 45 heavy (non-hydrogen) atoms. The van der Waals surface area contributed by atoms with Crippen molar-refractivity contribution in [2.45, 2.75) is 76.3 Å². The largest absolute Gasteiger partial charge is 0.491 e. The third kappa shape index (κ3) is 9.75. The zero-order valence-electron chi connectivity index (χ0n) is 25.9. The van der Waals surface area contributed by atoms with Gasteiger partial charge in [0.05, 0.1) is 30.9 Å². The molecule has 3 aromatic carbocycles. The Morgan fingerprint density at radius 2 is 1.67 bits per heavy atom. The highest BCUT2D eigenvalue weighted by molar-refractivity contribution is 5.80. The number of benzene rings is 3. The SMILES string of the molecule is CC(C)(C)OC(=O)NC(Cc1ccccc1)C(O)CC(Cc1ccc(OCCO)cc1)C(=O)NC1c2cccc(F)c2C[C@H]1O. The highest BCUT2D eigenvalue weighted by atomic mass is 19.1. The molecule has 0 spiro atoms. The number of hydrogen-bond acceptors (Lipinski definition) is 7. The molecule has 1 aliphatic rings. The number of carbonyl (C=O) groups excluding carboxylic acids is 2. The normalized spacial score (nSPS) is 17.9. The maximum atomic E-state index is 14.5. The smallest absolute Gasteiger partial charge is 0.407 e. The molecular weight excluding hydrogens is 579 g/mol. The van der Waals surface area contributed by atoms with E-state index in [9.17, 15) is 24.2 Å². The monoisotopic (exact) mass is 622 g/mol. The molecule has 10 heteroatoms. The molecule has 0 saturated carbocycles. The topological polar surface area (TPSA) is 137 Å². The highest BCUT2D eigenvalue weighted by Crippen LogP contribution is 2.34. The lowest BCUT2D eigenvalue weighted by atomic mass is 9.88. The van der Waals surface area contributed by atoms with E-state index in [1.807, 2.05) is 30.3 Å². The van der Waals surface area contributed by atoms with E-state index in [0.717, 1.165) is 11.1 Å². The summed E-state index contributed by atoms with van der Waals surface area (Å²) in [7, 11) is 0. The van der Waals surface area contributed by atoms with Crippen molar-refractivity contribution in [1.82, 2.24) is 10.6 Å². The second kappa shape index (κ2) is 15.3. The predicted molar refractivity (Wildman–Crippen MR) is 167 cm³/mol. The van der Waals surface area contributed by atoms with Gasteiger partial charge in [-0.1, -0.05) is 54.6 Å². The maximum Gasteiger partial charge on any atom is 0.407 e. The van der Waals surface area contributed by atoms with Crippen LogP contribution in [0.2, 0.25) is 0 Å². The Hall–Kier alpha value is -3.99. The van der Waals surface area contributed by atoms with Crippen molar-refractivity contribution >= 4 is 12.0 Å². The Kier molecular flexibility index (Phi) is 11.6. The van der Waals surface area contributed by atoms with Gasteiger partial charge in [-0.2, -0.15) is 0 Å². The van der Waals surface area contributed by atoms with Gasteiger partial charge in [0.15, 0.2) is 0 Å². The van der Waals surface area contributed by atoms with Crippen LogP contribution in [0.3, 0.4) is 0 Å². The average molecular weight is 623 g/mol. The second-order valence-electron chi connectivity index (χ2n) is 12.4. The van der Waals surface area contributed by atoms with Gasteiger partial charge in [-0.05, 0) is 80.5 Å². The number of amides is 2. The number of aliphatic hydroxyl groups is 3. The summed E-state index contributed by atoms with van der Waals surface area (Å²) in [5.74, 6) is -1.08. The number of aliphatic hydroxyl groups excluding tert-OH is 3. The van der Waals surface area contributed by atoms with E-state index in [-0.39, 0.29) is 32.5 Å². The molecule has 5 atom stereocenters. The van der Waals surface area contributed by atoms with Crippen LogP contribution in [0.1, 0.15) is 55.5 Å². The molecule has 4 rings (SSSR count). The van der Waals surface area contributed by atoms with E-state index in [1.54, 1.807) is 57.2 Å². The summed E-state index contributed by atoms with van der Waals surface area (Å²) in [6, 6.07) is 19.4. The lowest BCUT2D eigenvalue weighted by Gasteiger charge is -2.29. The highest BCUT2D eigenvalue weighted by Gasteiger charge is 2.36. The minimum absolute atomic E-state index is 0.0271. The van der Waals surface area contributed by atoms with Gasteiger partial charge in [-0.15, -0.1) is 0 Å². The van der Waals surface area contributed by atoms with Crippen LogP contribution in [0.4, 0.5) is 9.18 Å². The van der Waals surface area contributed by atoms with E-state index in [1.165, 1.54) is 6.07 Å². The van der Waals surface area contributed by atoms with Crippen molar-refractivity contribution in [3.8, 4) is 5.75 Å². The zero-order chi connectivity index (χ0) is 32.6. The summed E-state index contributed by atoms with van der Waals surface area (Å²) in [6.07, 6.45) is -2.27. The molecule has 3 aromatic rings. The summed E-state index contributed by atoms with van der Waals surface area (Å²) < 4.78 is 25.4. The Morgan fingerprint density at radius 3 is 2.33 bits per heavy atom. The molecule has 242 valence electrons. The first-order valence-corrected chi connectivity index (χ1v) is 15.2. The first kappa shape index (κ1) is 33.9. The van der Waals surface area contributed by atoms with Gasteiger partial charge >= 0.3 is 6.09 Å². The third-order valence-electron chi connectivity index (χ3n) is 7.71. The summed E-state index contributed by atoms with van der Waals surface area (Å²) in [6.45, 7) is 5.27. The summed E-state index contributed by atoms with van der Waals surface area (Å²) in [5.41, 5.74) is 1.81. The lowest BCUT2D eigenvalue weighted by molar-refractivity contribution is -0.127. The number of hydrogen-bond donors (Lipinski definition) is 5. The molecule has 5 N–H and O–H groups in total. The van der Waals surface area contributed by atoms with Crippen molar-refractivity contribution < 1.29 is 38.8 Å². The minimum atomic E-state index is -1.15. The Balaban J connectivity index is 1.57. The second-order valence-corrected chi connectivity index (χ2v) is 12.4. The molecule has 2 amide bonds. The molecule has 1 aliphatic carbocycles. The summed E-state index contributed by atoms with van der Waals surface area (Å²) >= 11 is 0. The van der Waals surface area contributed by atoms with Crippen molar-refractivity contribution in [2.75, 3.05) is 13.2 Å². The standard InChI is InChI=1S/C35H43FN2O7/c1-35(2,3)45-34(43)37-29(19-22-8-5-4-6-9-22)30(40)20-24(18-23-12-14-25(15-13-23)44-17-16-39)33(42)38-32-26-10-7-11-28(36)27(26)21-31(32)41/h4-15,24,29-32,39-41H,16-21H2,1-3H3,(H,37,43)(H,38,42)/t24?,29?,30?,31-,32?/m1/s1. The molecule has 0 aromatic heterocycles. The number of nitrogens with one attached hydrogen (secondary N) is 2. The van der Waals surface area contributed by atoms with E-state index >= 15 is 0 Å². The first-order chi connectivity index (χ1) is 21.4. The molecule has 0 saturated heterocycles. The van der Waals surface area contributed by atoms with E-state index in [4.69, 9.17) is 14.6 Å². The molecule has 0 aliphatic heterocycles. The van der Waals surface area contributed by atoms with Crippen molar-refractivity contribution in [2.24, 2.45) is 5.92 Å². The number of halogens is 1. The third-order valence-corrected chi connectivity index (χ3v) is 7.71. The van der Waals surface area contributed by atoms with Crippen LogP contribution in [0.15, 0.2) is 72.8 Å². The molecule has 0 fully saturated rings. The van der Waals surface area contributed by atoms with E-state index < -0.39 is 53.6 Å². The number of ether oxygens (including phenoxy) is 2. The predicted octanol–water partition coefficient (Wildman–Crippen LogP) is 4.02. The van der Waals surface area contributed by atoms with Gasteiger partial charge in [0.2, 0.25) is 5.91 Å². The quantitative estimate of drug-likeness (QED) is 0.194. The van der Waals surface area contributed by atoms with Gasteiger partial charge < -0.3 is 35.4 Å². The first-order valence-electron chi connectivity index (χ1n) is 15.2. The summed E-state index contributed by atoms with van der Waals surface area (Å²) in [4.78, 5) is 26.7. The number of fused-ring (bicyclic) bond motifs is 1. The maximum absolute atomic E-state index is 14.5. The Labute approximate surface area is 263 Å². The van der Waals surface area contributed by atoms with Gasteiger partial charge in [0.1, 0.15) is 23.8 Å². The van der Waals surface area contributed by atoms with Gasteiger partial charge in [-0.25, -0.2) is 9.18 Å². The van der Waals surface area contributed by atoms with Crippen LogP contribution < -0.4 is 15.4 Å². The van der Waals surface area contributed by atoms with Crippen molar-refractivity contribution in [1.29, 1.82) is 0 Å². The fourth-order valence-corrected chi connectivity index (χ4v) is 5.58.